The fraction of sp³-hybridized carbons (Fsp3) is 0.300. The van der Waals surface area contributed by atoms with E-state index in [0.717, 1.165) is 5.56 Å². The summed E-state index contributed by atoms with van der Waals surface area (Å²) in [5, 5.41) is 13.3. The topological polar surface area (TPSA) is 111 Å². The number of morpholine rings is 1. The van der Waals surface area contributed by atoms with Crippen molar-refractivity contribution in [1.82, 2.24) is 10.2 Å². The van der Waals surface area contributed by atoms with Crippen molar-refractivity contribution < 1.29 is 24.0 Å². The molecule has 152 valence electrons. The summed E-state index contributed by atoms with van der Waals surface area (Å²) in [5.74, 6) is 0.0222. The summed E-state index contributed by atoms with van der Waals surface area (Å²) in [5.41, 5.74) is 1.41. The van der Waals surface area contributed by atoms with E-state index in [1.54, 1.807) is 29.2 Å². The van der Waals surface area contributed by atoms with Crippen LogP contribution < -0.4 is 10.1 Å². The van der Waals surface area contributed by atoms with Crippen molar-refractivity contribution in [3.8, 4) is 5.75 Å². The number of rotatable bonds is 7. The molecule has 2 aromatic carbocycles. The van der Waals surface area contributed by atoms with Crippen molar-refractivity contribution in [1.29, 1.82) is 0 Å². The number of hydrogen-bond acceptors (Lipinski definition) is 6. The normalized spacial score (nSPS) is 13.6. The van der Waals surface area contributed by atoms with E-state index >= 15 is 0 Å². The van der Waals surface area contributed by atoms with Crippen molar-refractivity contribution in [3.05, 3.63) is 69.8 Å². The molecule has 0 radical (unpaired) electrons. The third-order valence-corrected chi connectivity index (χ3v) is 4.41. The smallest absolute Gasteiger partial charge is 0.269 e. The summed E-state index contributed by atoms with van der Waals surface area (Å²) in [7, 11) is 0. The van der Waals surface area contributed by atoms with Gasteiger partial charge in [0.25, 0.3) is 17.5 Å². The second-order valence-corrected chi connectivity index (χ2v) is 6.42. The van der Waals surface area contributed by atoms with Gasteiger partial charge >= 0.3 is 0 Å². The van der Waals surface area contributed by atoms with E-state index < -0.39 is 4.92 Å². The number of non-ortho nitro benzene ring substituents is 1. The number of nitrogens with zero attached hydrogens (tertiary/aromatic N) is 2. The highest BCUT2D eigenvalue weighted by Crippen LogP contribution is 2.17. The van der Waals surface area contributed by atoms with Gasteiger partial charge in [-0.05, 0) is 29.8 Å². The molecule has 1 aliphatic rings. The predicted octanol–water partition coefficient (Wildman–Crippen LogP) is 1.76. The summed E-state index contributed by atoms with van der Waals surface area (Å²) in [6, 6.07) is 12.6. The van der Waals surface area contributed by atoms with Gasteiger partial charge in [-0.15, -0.1) is 0 Å². The molecule has 9 nitrogen and oxygen atoms in total. The van der Waals surface area contributed by atoms with Crippen LogP contribution in [0, 0.1) is 10.1 Å². The number of nitrogens with one attached hydrogen (secondary N) is 1. The Morgan fingerprint density at radius 1 is 1.07 bits per heavy atom. The van der Waals surface area contributed by atoms with Gasteiger partial charge in [0.15, 0.2) is 6.61 Å². The van der Waals surface area contributed by atoms with Gasteiger partial charge in [0.2, 0.25) is 0 Å². The monoisotopic (exact) mass is 399 g/mol. The zero-order valence-corrected chi connectivity index (χ0v) is 15.7. The van der Waals surface area contributed by atoms with E-state index in [9.17, 15) is 19.7 Å². The second kappa shape index (κ2) is 9.65. The van der Waals surface area contributed by atoms with Crippen LogP contribution in [0.2, 0.25) is 0 Å². The Bertz CT molecular complexity index is 861. The van der Waals surface area contributed by atoms with Gasteiger partial charge in [0.1, 0.15) is 5.75 Å². The van der Waals surface area contributed by atoms with Gasteiger partial charge in [0.05, 0.1) is 18.1 Å². The zero-order valence-electron chi connectivity index (χ0n) is 15.7. The van der Waals surface area contributed by atoms with Crippen LogP contribution >= 0.6 is 0 Å². The van der Waals surface area contributed by atoms with Crippen LogP contribution in [0.5, 0.6) is 5.75 Å². The Kier molecular flexibility index (Phi) is 6.75. The number of ether oxygens (including phenoxy) is 2. The number of carbonyl (C=O) groups is 2. The van der Waals surface area contributed by atoms with Crippen molar-refractivity contribution in [2.24, 2.45) is 0 Å². The average molecular weight is 399 g/mol. The molecule has 1 fully saturated rings. The number of hydrogen-bond donors (Lipinski definition) is 1. The first-order valence-corrected chi connectivity index (χ1v) is 9.13. The molecule has 2 amide bonds. The molecule has 29 heavy (non-hydrogen) atoms. The van der Waals surface area contributed by atoms with Gasteiger partial charge in [-0.2, -0.15) is 0 Å². The highest BCUT2D eigenvalue weighted by molar-refractivity contribution is 5.94. The lowest BCUT2D eigenvalue weighted by molar-refractivity contribution is -0.384. The molecular formula is C20H21N3O6. The molecule has 1 heterocycles. The van der Waals surface area contributed by atoms with Crippen molar-refractivity contribution in [2.45, 2.75) is 6.54 Å². The third-order valence-electron chi connectivity index (χ3n) is 4.41. The molecule has 0 aliphatic carbocycles. The minimum Gasteiger partial charge on any atom is -0.484 e. The number of amides is 2. The van der Waals surface area contributed by atoms with E-state index in [1.807, 2.05) is 0 Å². The standard InChI is InChI=1S/C20H21N3O6/c24-19(14-29-18-7-5-17(6-8-18)23(26)27)21-13-15-1-3-16(4-2-15)20(25)22-9-11-28-12-10-22/h1-8H,9-14H2,(H,21,24). The molecule has 3 rings (SSSR count). The Balaban J connectivity index is 1.43. The fourth-order valence-corrected chi connectivity index (χ4v) is 2.78. The van der Waals surface area contributed by atoms with E-state index in [0.29, 0.717) is 44.2 Å². The molecule has 0 bridgehead atoms. The Morgan fingerprint density at radius 2 is 1.72 bits per heavy atom. The summed E-state index contributed by atoms with van der Waals surface area (Å²) in [6.45, 7) is 2.38. The molecule has 1 saturated heterocycles. The van der Waals surface area contributed by atoms with E-state index in [-0.39, 0.29) is 24.1 Å². The SMILES string of the molecule is O=C(COc1ccc([N+](=O)[O-])cc1)NCc1ccc(C(=O)N2CCOCC2)cc1. The highest BCUT2D eigenvalue weighted by Gasteiger charge is 2.18. The Labute approximate surface area is 167 Å². The molecule has 9 heteroatoms. The van der Waals surface area contributed by atoms with Crippen LogP contribution in [-0.4, -0.2) is 54.5 Å². The van der Waals surface area contributed by atoms with Crippen LogP contribution in [0.3, 0.4) is 0 Å². The Morgan fingerprint density at radius 3 is 2.34 bits per heavy atom. The van der Waals surface area contributed by atoms with Gasteiger partial charge in [-0.25, -0.2) is 0 Å². The molecule has 2 aromatic rings. The zero-order chi connectivity index (χ0) is 20.6. The number of nitro groups is 1. The summed E-state index contributed by atoms with van der Waals surface area (Å²) in [4.78, 5) is 36.2. The lowest BCUT2D eigenvalue weighted by Gasteiger charge is -2.26. The maximum atomic E-state index is 12.4. The van der Waals surface area contributed by atoms with Gasteiger partial charge in [0, 0.05) is 37.3 Å². The highest BCUT2D eigenvalue weighted by atomic mass is 16.6. The van der Waals surface area contributed by atoms with Crippen molar-refractivity contribution in [2.75, 3.05) is 32.9 Å². The van der Waals surface area contributed by atoms with E-state index in [4.69, 9.17) is 9.47 Å². The minimum absolute atomic E-state index is 0.0274. The Hall–Kier alpha value is -3.46. The number of benzene rings is 2. The first-order valence-electron chi connectivity index (χ1n) is 9.13. The van der Waals surface area contributed by atoms with E-state index in [2.05, 4.69) is 5.32 Å². The number of carbonyl (C=O) groups excluding carboxylic acids is 2. The summed E-state index contributed by atoms with van der Waals surface area (Å²) < 4.78 is 10.6. The first-order chi connectivity index (χ1) is 14.0. The first kappa shape index (κ1) is 20.3. The molecule has 0 spiro atoms. The molecule has 0 saturated carbocycles. The maximum absolute atomic E-state index is 12.4. The molecule has 0 aromatic heterocycles. The van der Waals surface area contributed by atoms with Crippen LogP contribution in [0.15, 0.2) is 48.5 Å². The molecular weight excluding hydrogens is 378 g/mol. The largest absolute Gasteiger partial charge is 0.484 e. The third kappa shape index (κ3) is 5.76. The average Bonchev–Trinajstić information content (AvgIpc) is 2.77. The lowest BCUT2D eigenvalue weighted by atomic mass is 10.1. The molecule has 0 unspecified atom stereocenters. The fourth-order valence-electron chi connectivity index (χ4n) is 2.78. The predicted molar refractivity (Wildman–Crippen MR) is 104 cm³/mol. The van der Waals surface area contributed by atoms with Crippen LogP contribution in [-0.2, 0) is 16.1 Å². The second-order valence-electron chi connectivity index (χ2n) is 6.42. The van der Waals surface area contributed by atoms with Gasteiger partial charge in [-0.3, -0.25) is 19.7 Å². The molecule has 1 aliphatic heterocycles. The van der Waals surface area contributed by atoms with Crippen LogP contribution in [0.1, 0.15) is 15.9 Å². The molecule has 1 N–H and O–H groups in total. The molecule has 0 atom stereocenters. The van der Waals surface area contributed by atoms with E-state index in [1.165, 1.54) is 24.3 Å². The maximum Gasteiger partial charge on any atom is 0.269 e. The van der Waals surface area contributed by atoms with Crippen molar-refractivity contribution >= 4 is 17.5 Å². The minimum atomic E-state index is -0.504. The van der Waals surface area contributed by atoms with Crippen LogP contribution in [0.25, 0.3) is 0 Å². The van der Waals surface area contributed by atoms with Crippen LogP contribution in [0.4, 0.5) is 5.69 Å². The summed E-state index contributed by atoms with van der Waals surface area (Å²) >= 11 is 0. The number of nitro benzene ring substituents is 1. The van der Waals surface area contributed by atoms with Gasteiger partial charge in [-0.1, -0.05) is 12.1 Å². The summed E-state index contributed by atoms with van der Waals surface area (Å²) in [6.07, 6.45) is 0. The lowest BCUT2D eigenvalue weighted by Crippen LogP contribution is -2.40. The quantitative estimate of drug-likeness (QED) is 0.561. The van der Waals surface area contributed by atoms with Crippen molar-refractivity contribution in [3.63, 3.8) is 0 Å². The van der Waals surface area contributed by atoms with Gasteiger partial charge < -0.3 is 19.7 Å².